The smallest absolute Gasteiger partial charge is 0.259 e. The highest BCUT2D eigenvalue weighted by Gasteiger charge is 2.13. The Morgan fingerprint density at radius 2 is 2.05 bits per heavy atom. The maximum atomic E-state index is 12.3. The summed E-state index contributed by atoms with van der Waals surface area (Å²) in [6, 6.07) is 13.1. The molecule has 21 heavy (non-hydrogen) atoms. The number of amides is 1. The zero-order chi connectivity index (χ0) is 14.8. The highest BCUT2D eigenvalue weighted by molar-refractivity contribution is 7.22. The number of hydrogen-bond acceptors (Lipinski definition) is 5. The molecule has 0 bridgehead atoms. The summed E-state index contributed by atoms with van der Waals surface area (Å²) in [6.07, 6.45) is 0. The lowest BCUT2D eigenvalue weighted by Gasteiger charge is -2.07. The van der Waals surface area contributed by atoms with E-state index in [4.69, 9.17) is 5.84 Å². The zero-order valence-corrected chi connectivity index (χ0v) is 12.2. The molecule has 3 rings (SSSR count). The standard InChI is InChI=1S/C15H14N4OS/c1-9-6-7-12-13(8-9)21-15(17-12)18-14(20)10-4-2-3-5-11(10)19-16/h2-8,19H,16H2,1H3,(H,17,18,20). The Hall–Kier alpha value is -2.44. The molecule has 106 valence electrons. The van der Waals surface area contributed by atoms with Crippen molar-refractivity contribution in [1.29, 1.82) is 0 Å². The van der Waals surface area contributed by atoms with Crippen molar-refractivity contribution in [3.63, 3.8) is 0 Å². The molecule has 0 aliphatic rings. The molecule has 0 radical (unpaired) electrons. The minimum Gasteiger partial charge on any atom is -0.323 e. The number of nitrogens with one attached hydrogen (secondary N) is 2. The van der Waals surface area contributed by atoms with Gasteiger partial charge in [0.15, 0.2) is 5.13 Å². The van der Waals surface area contributed by atoms with E-state index >= 15 is 0 Å². The van der Waals surface area contributed by atoms with E-state index in [1.165, 1.54) is 16.9 Å². The third-order valence-electron chi connectivity index (χ3n) is 3.09. The number of aromatic nitrogens is 1. The van der Waals surface area contributed by atoms with Crippen LogP contribution in [-0.2, 0) is 0 Å². The number of carbonyl (C=O) groups is 1. The lowest BCUT2D eigenvalue weighted by Crippen LogP contribution is -2.16. The molecule has 0 unspecified atom stereocenters. The molecule has 0 atom stereocenters. The first-order valence-corrected chi connectivity index (χ1v) is 7.23. The van der Waals surface area contributed by atoms with Crippen molar-refractivity contribution < 1.29 is 4.79 Å². The second-order valence-corrected chi connectivity index (χ2v) is 5.66. The van der Waals surface area contributed by atoms with Gasteiger partial charge >= 0.3 is 0 Å². The number of thiazole rings is 1. The Bertz CT molecular complexity index is 812. The fourth-order valence-electron chi connectivity index (χ4n) is 2.06. The van der Waals surface area contributed by atoms with Crippen LogP contribution in [0.25, 0.3) is 10.2 Å². The van der Waals surface area contributed by atoms with Gasteiger partial charge in [-0.25, -0.2) is 4.98 Å². The van der Waals surface area contributed by atoms with Crippen molar-refractivity contribution in [2.45, 2.75) is 6.92 Å². The van der Waals surface area contributed by atoms with Crippen molar-refractivity contribution in [2.24, 2.45) is 5.84 Å². The van der Waals surface area contributed by atoms with Crippen LogP contribution in [0.15, 0.2) is 42.5 Å². The molecular formula is C15H14N4OS. The number of nitrogens with two attached hydrogens (primary N) is 1. The Kier molecular flexibility index (Phi) is 3.55. The van der Waals surface area contributed by atoms with Crippen molar-refractivity contribution in [3.8, 4) is 0 Å². The number of carbonyl (C=O) groups excluding carboxylic acids is 1. The van der Waals surface area contributed by atoms with Crippen molar-refractivity contribution in [2.75, 3.05) is 10.7 Å². The lowest BCUT2D eigenvalue weighted by molar-refractivity contribution is 0.102. The predicted molar refractivity (Wildman–Crippen MR) is 86.6 cm³/mol. The molecule has 5 nitrogen and oxygen atoms in total. The number of nitrogen functional groups attached to an aromatic ring is 1. The van der Waals surface area contributed by atoms with Gasteiger partial charge in [0.25, 0.3) is 5.91 Å². The highest BCUT2D eigenvalue weighted by atomic mass is 32.1. The van der Waals surface area contributed by atoms with Crippen LogP contribution >= 0.6 is 11.3 Å². The largest absolute Gasteiger partial charge is 0.323 e. The molecule has 0 aliphatic heterocycles. The van der Waals surface area contributed by atoms with E-state index in [1.807, 2.05) is 25.1 Å². The summed E-state index contributed by atoms with van der Waals surface area (Å²) in [7, 11) is 0. The molecule has 0 spiro atoms. The number of nitrogens with zero attached hydrogens (tertiary/aromatic N) is 1. The Morgan fingerprint density at radius 1 is 1.24 bits per heavy atom. The minimum atomic E-state index is -0.237. The van der Waals surface area contributed by atoms with Crippen molar-refractivity contribution in [3.05, 3.63) is 53.6 Å². The number of anilines is 2. The first-order chi connectivity index (χ1) is 10.2. The van der Waals surface area contributed by atoms with Crippen molar-refractivity contribution >= 4 is 38.3 Å². The quantitative estimate of drug-likeness (QED) is 0.512. The zero-order valence-electron chi connectivity index (χ0n) is 11.4. The average Bonchev–Trinajstić information content (AvgIpc) is 2.88. The van der Waals surface area contributed by atoms with Gasteiger partial charge in [-0.15, -0.1) is 0 Å². The van der Waals surface area contributed by atoms with Crippen LogP contribution in [-0.4, -0.2) is 10.9 Å². The fourth-order valence-corrected chi connectivity index (χ4v) is 3.02. The van der Waals surface area contributed by atoms with E-state index < -0.39 is 0 Å². The third kappa shape index (κ3) is 2.72. The molecule has 2 aromatic carbocycles. The summed E-state index contributed by atoms with van der Waals surface area (Å²) in [4.78, 5) is 16.7. The molecule has 6 heteroatoms. The van der Waals surface area contributed by atoms with Gasteiger partial charge in [0, 0.05) is 0 Å². The van der Waals surface area contributed by atoms with E-state index in [2.05, 4.69) is 21.8 Å². The number of rotatable bonds is 3. The number of hydrogen-bond donors (Lipinski definition) is 3. The molecule has 1 aromatic heterocycles. The van der Waals surface area contributed by atoms with Gasteiger partial charge in [-0.3, -0.25) is 16.0 Å². The first-order valence-electron chi connectivity index (χ1n) is 6.41. The van der Waals surface area contributed by atoms with E-state index in [-0.39, 0.29) is 5.91 Å². The van der Waals surface area contributed by atoms with Gasteiger partial charge in [0.2, 0.25) is 0 Å². The summed E-state index contributed by atoms with van der Waals surface area (Å²) in [6.45, 7) is 2.03. The summed E-state index contributed by atoms with van der Waals surface area (Å²) in [5, 5.41) is 3.39. The normalized spacial score (nSPS) is 10.6. The van der Waals surface area contributed by atoms with E-state index in [1.54, 1.807) is 18.2 Å². The number of aryl methyl sites for hydroxylation is 1. The Labute approximate surface area is 125 Å². The monoisotopic (exact) mass is 298 g/mol. The Morgan fingerprint density at radius 3 is 2.86 bits per heavy atom. The van der Waals surface area contributed by atoms with Gasteiger partial charge in [0.05, 0.1) is 21.5 Å². The number of benzene rings is 2. The second kappa shape index (κ2) is 5.51. The van der Waals surface area contributed by atoms with E-state index in [0.29, 0.717) is 16.4 Å². The van der Waals surface area contributed by atoms with Crippen LogP contribution in [0, 0.1) is 6.92 Å². The maximum absolute atomic E-state index is 12.3. The number of fused-ring (bicyclic) bond motifs is 1. The molecular weight excluding hydrogens is 284 g/mol. The lowest BCUT2D eigenvalue weighted by atomic mass is 10.1. The summed E-state index contributed by atoms with van der Waals surface area (Å²) in [5.41, 5.74) is 5.63. The summed E-state index contributed by atoms with van der Waals surface area (Å²) >= 11 is 1.45. The first kappa shape index (κ1) is 13.5. The molecule has 1 amide bonds. The average molecular weight is 298 g/mol. The molecule has 0 saturated heterocycles. The van der Waals surface area contributed by atoms with Crippen LogP contribution in [0.4, 0.5) is 10.8 Å². The van der Waals surface area contributed by atoms with Crippen LogP contribution in [0.3, 0.4) is 0 Å². The van der Waals surface area contributed by atoms with Crippen LogP contribution in [0.5, 0.6) is 0 Å². The Balaban J connectivity index is 1.89. The topological polar surface area (TPSA) is 80.0 Å². The van der Waals surface area contributed by atoms with Crippen LogP contribution < -0.4 is 16.6 Å². The second-order valence-electron chi connectivity index (χ2n) is 4.63. The molecule has 0 saturated carbocycles. The van der Waals surface area contributed by atoms with Gasteiger partial charge in [-0.1, -0.05) is 29.5 Å². The van der Waals surface area contributed by atoms with E-state index in [9.17, 15) is 4.79 Å². The van der Waals surface area contributed by atoms with Crippen molar-refractivity contribution in [1.82, 2.24) is 4.98 Å². The minimum absolute atomic E-state index is 0.237. The fraction of sp³-hybridized carbons (Fsp3) is 0.0667. The molecule has 4 N–H and O–H groups in total. The summed E-state index contributed by atoms with van der Waals surface area (Å²) < 4.78 is 1.05. The van der Waals surface area contributed by atoms with Crippen LogP contribution in [0.2, 0.25) is 0 Å². The highest BCUT2D eigenvalue weighted by Crippen LogP contribution is 2.27. The molecule has 0 aliphatic carbocycles. The molecule has 0 fully saturated rings. The van der Waals surface area contributed by atoms with Gasteiger partial charge in [-0.05, 0) is 36.8 Å². The van der Waals surface area contributed by atoms with E-state index in [0.717, 1.165) is 10.2 Å². The van der Waals surface area contributed by atoms with Gasteiger partial charge in [-0.2, -0.15) is 0 Å². The molecule has 1 heterocycles. The maximum Gasteiger partial charge on any atom is 0.259 e. The predicted octanol–water partition coefficient (Wildman–Crippen LogP) is 3.14. The van der Waals surface area contributed by atoms with Gasteiger partial charge < -0.3 is 5.43 Å². The SMILES string of the molecule is Cc1ccc2nc(NC(=O)c3ccccc3NN)sc2c1. The number of para-hydroxylation sites is 1. The van der Waals surface area contributed by atoms with Gasteiger partial charge in [0.1, 0.15) is 0 Å². The van der Waals surface area contributed by atoms with Crippen LogP contribution in [0.1, 0.15) is 15.9 Å². The molecule has 3 aromatic rings. The summed E-state index contributed by atoms with van der Waals surface area (Å²) in [5.74, 6) is 5.18. The number of hydrazine groups is 1. The third-order valence-corrected chi connectivity index (χ3v) is 4.03.